The summed E-state index contributed by atoms with van der Waals surface area (Å²) >= 11 is 1.43. The molecule has 31 heavy (non-hydrogen) atoms. The number of ether oxygens (including phenoxy) is 4. The van der Waals surface area contributed by atoms with Crippen LogP contribution in [0.15, 0.2) is 10.8 Å². The predicted molar refractivity (Wildman–Crippen MR) is 102 cm³/mol. The number of rotatable bonds is 14. The van der Waals surface area contributed by atoms with Crippen molar-refractivity contribution in [2.75, 3.05) is 37.9 Å². The fourth-order valence-corrected chi connectivity index (χ4v) is 4.35. The Bertz CT molecular complexity index is 762. The quantitative estimate of drug-likeness (QED) is 0.133. The van der Waals surface area contributed by atoms with Crippen molar-refractivity contribution < 1.29 is 104 Å². The summed E-state index contributed by atoms with van der Waals surface area (Å²) in [5, 5.41) is 3.61. The van der Waals surface area contributed by atoms with Crippen LogP contribution in [0.3, 0.4) is 0 Å². The van der Waals surface area contributed by atoms with Gasteiger partial charge in [-0.15, -0.1) is 11.3 Å². The summed E-state index contributed by atoms with van der Waals surface area (Å²) in [6, 6.07) is 0. The van der Waals surface area contributed by atoms with Crippen molar-refractivity contribution >= 4 is 31.6 Å². The minimum atomic E-state index is -4.21. The molecule has 0 radical (unpaired) electrons. The maximum atomic E-state index is 10.6. The molecule has 0 fully saturated rings. The van der Waals surface area contributed by atoms with Crippen molar-refractivity contribution in [1.82, 2.24) is 0 Å². The van der Waals surface area contributed by atoms with Crippen molar-refractivity contribution in [3.8, 4) is 11.5 Å². The Morgan fingerprint density at radius 1 is 0.774 bits per heavy atom. The summed E-state index contributed by atoms with van der Waals surface area (Å²) in [7, 11) is -8.42. The van der Waals surface area contributed by atoms with Gasteiger partial charge in [-0.05, 0) is 25.7 Å². The zero-order chi connectivity index (χ0) is 21.3. The van der Waals surface area contributed by atoms with Crippen LogP contribution in [-0.2, 0) is 29.7 Å². The van der Waals surface area contributed by atoms with Gasteiger partial charge in [0, 0.05) is 35.5 Å². The van der Waals surface area contributed by atoms with Gasteiger partial charge >= 0.3 is 59.1 Å². The third-order valence-corrected chi connectivity index (χ3v) is 6.27. The Hall–Kier alpha value is 1.04. The number of thiophene rings is 1. The van der Waals surface area contributed by atoms with Crippen molar-refractivity contribution in [3.63, 3.8) is 0 Å². The molecule has 0 saturated heterocycles. The van der Waals surface area contributed by atoms with Gasteiger partial charge in [-0.25, -0.2) is 16.8 Å². The van der Waals surface area contributed by atoms with E-state index in [1.807, 2.05) is 10.8 Å². The average Bonchev–Trinajstić information content (AvgIpc) is 3.06. The average molecular weight is 519 g/mol. The summed E-state index contributed by atoms with van der Waals surface area (Å²) in [5.41, 5.74) is 0. The molecule has 2 unspecified atom stereocenters. The molecule has 0 bridgehead atoms. The number of hydrogen-bond acceptors (Lipinski definition) is 11. The monoisotopic (exact) mass is 518 g/mol. The van der Waals surface area contributed by atoms with Crippen LogP contribution in [0.25, 0.3) is 0 Å². The van der Waals surface area contributed by atoms with Gasteiger partial charge in [-0.1, -0.05) is 0 Å². The molecule has 168 valence electrons. The Morgan fingerprint density at radius 2 is 1.16 bits per heavy atom. The van der Waals surface area contributed by atoms with Gasteiger partial charge in [0.25, 0.3) is 0 Å². The molecule has 2 atom stereocenters. The Labute approximate surface area is 231 Å². The second-order valence-corrected chi connectivity index (χ2v) is 10.3. The van der Waals surface area contributed by atoms with Crippen LogP contribution in [-0.4, -0.2) is 76.1 Å². The molecule has 1 aliphatic heterocycles. The van der Waals surface area contributed by atoms with E-state index in [2.05, 4.69) is 0 Å². The first kappa shape index (κ1) is 32.0. The maximum absolute atomic E-state index is 10.6. The molecule has 2 heterocycles. The molecule has 15 heteroatoms. The molecule has 0 aromatic carbocycles. The summed E-state index contributed by atoms with van der Waals surface area (Å²) in [5.74, 6) is 0.389. The van der Waals surface area contributed by atoms with E-state index in [0.717, 1.165) is 0 Å². The summed E-state index contributed by atoms with van der Waals surface area (Å²) in [6.45, 7) is 0.954. The van der Waals surface area contributed by atoms with Crippen molar-refractivity contribution in [3.05, 3.63) is 10.8 Å². The van der Waals surface area contributed by atoms with E-state index in [1.54, 1.807) is 0 Å². The van der Waals surface area contributed by atoms with Gasteiger partial charge < -0.3 is 28.1 Å². The molecule has 1 aliphatic rings. The molecule has 1 aromatic rings. The van der Waals surface area contributed by atoms with Crippen LogP contribution in [0, 0.1) is 0 Å². The second-order valence-electron chi connectivity index (χ2n) is 6.50. The first-order valence-corrected chi connectivity index (χ1v) is 13.2. The molecular formula is C16H24Na2O10S3. The first-order chi connectivity index (χ1) is 13.6. The topological polar surface area (TPSA) is 151 Å². The van der Waals surface area contributed by atoms with Gasteiger partial charge in [0.1, 0.15) is 0 Å². The number of unbranched alkanes of at least 4 members (excludes halogenated alkanes) is 2. The second kappa shape index (κ2) is 15.8. The van der Waals surface area contributed by atoms with Crippen LogP contribution in [0.5, 0.6) is 11.5 Å². The normalized spacial score (nSPS) is 18.1. The number of fused-ring (bicyclic) bond motifs is 1. The fourth-order valence-electron chi connectivity index (χ4n) is 2.57. The Kier molecular flexibility index (Phi) is 16.4. The van der Waals surface area contributed by atoms with E-state index in [1.165, 1.54) is 11.3 Å². The van der Waals surface area contributed by atoms with Gasteiger partial charge in [-0.2, -0.15) is 0 Å². The summed E-state index contributed by atoms with van der Waals surface area (Å²) in [4.78, 5) is 0. The molecule has 0 amide bonds. The third-order valence-electron chi connectivity index (χ3n) is 3.99. The summed E-state index contributed by atoms with van der Waals surface area (Å²) < 4.78 is 86.3. The third kappa shape index (κ3) is 14.1. The first-order valence-electron chi connectivity index (χ1n) is 9.06. The maximum Gasteiger partial charge on any atom is 1.00 e. The van der Waals surface area contributed by atoms with Crippen LogP contribution < -0.4 is 68.6 Å². The fraction of sp³-hybridized carbons (Fsp3) is 0.750. The van der Waals surface area contributed by atoms with Gasteiger partial charge in [0.15, 0.2) is 23.7 Å². The molecule has 0 spiro atoms. The standard InChI is InChI=1S/C16H26O10S3.2Na/c17-28(18,19)7-3-1-5-23-9-13-14(26-16-12-27-11-15(16)25-13)10-24-6-2-4-8-29(20,21)22;;/h11-14H,1-10H2,(H,17,18,19)(H,20,21,22);;/q;2*+1/p-2. The molecule has 0 saturated carbocycles. The van der Waals surface area contributed by atoms with Crippen LogP contribution in [0.2, 0.25) is 0 Å². The number of hydrogen-bond donors (Lipinski definition) is 0. The molecule has 0 aliphatic carbocycles. The molecule has 0 N–H and O–H groups in total. The van der Waals surface area contributed by atoms with E-state index in [9.17, 15) is 25.9 Å². The Balaban J connectivity index is 0.00000450. The Morgan fingerprint density at radius 3 is 1.52 bits per heavy atom. The zero-order valence-electron chi connectivity index (χ0n) is 17.7. The zero-order valence-corrected chi connectivity index (χ0v) is 24.1. The van der Waals surface area contributed by atoms with Crippen LogP contribution in [0.4, 0.5) is 0 Å². The van der Waals surface area contributed by atoms with Gasteiger partial charge in [-0.3, -0.25) is 0 Å². The van der Waals surface area contributed by atoms with E-state index < -0.39 is 43.9 Å². The van der Waals surface area contributed by atoms with Gasteiger partial charge in [0.05, 0.1) is 33.5 Å². The van der Waals surface area contributed by atoms with Crippen LogP contribution >= 0.6 is 11.3 Å². The van der Waals surface area contributed by atoms with Crippen molar-refractivity contribution in [2.24, 2.45) is 0 Å². The van der Waals surface area contributed by atoms with E-state index >= 15 is 0 Å². The molecule has 1 aromatic heterocycles. The van der Waals surface area contributed by atoms with Crippen molar-refractivity contribution in [2.45, 2.75) is 37.9 Å². The largest absolute Gasteiger partial charge is 1.00 e. The summed E-state index contributed by atoms with van der Waals surface area (Å²) in [6.07, 6.45) is 0.442. The molecule has 10 nitrogen and oxygen atoms in total. The minimum absolute atomic E-state index is 0. The molecular weight excluding hydrogens is 494 g/mol. The van der Waals surface area contributed by atoms with Gasteiger partial charge in [0.2, 0.25) is 0 Å². The van der Waals surface area contributed by atoms with Crippen LogP contribution in [0.1, 0.15) is 25.7 Å². The van der Waals surface area contributed by atoms with E-state index in [0.29, 0.717) is 24.3 Å². The smallest absolute Gasteiger partial charge is 0.748 e. The minimum Gasteiger partial charge on any atom is -0.748 e. The SMILES string of the molecule is O=S(=O)([O-])CCCCOCC1Oc2cscc2OC1COCCCCS(=O)(=O)[O-].[Na+].[Na+]. The molecule has 2 rings (SSSR count). The van der Waals surface area contributed by atoms with Crippen molar-refractivity contribution in [1.29, 1.82) is 0 Å². The van der Waals surface area contributed by atoms with E-state index in [-0.39, 0.29) is 98.4 Å². The van der Waals surface area contributed by atoms with E-state index in [4.69, 9.17) is 18.9 Å². The predicted octanol–water partition coefficient (Wildman–Crippen LogP) is -5.05.